The maximum Gasteiger partial charge on any atom is 0.338 e. The molecule has 4 heteroatoms. The Hall–Kier alpha value is -1.55. The molecule has 1 aromatic carbocycles. The second-order valence-corrected chi connectivity index (χ2v) is 7.10. The summed E-state index contributed by atoms with van der Waals surface area (Å²) in [4.78, 5) is 14.6. The van der Waals surface area contributed by atoms with Gasteiger partial charge in [0.25, 0.3) is 0 Å². The van der Waals surface area contributed by atoms with Gasteiger partial charge in [0, 0.05) is 12.6 Å². The van der Waals surface area contributed by atoms with Crippen LogP contribution >= 0.6 is 0 Å². The molecule has 0 aromatic heterocycles. The highest BCUT2D eigenvalue weighted by molar-refractivity contribution is 5.89. The van der Waals surface area contributed by atoms with E-state index in [0.29, 0.717) is 30.7 Å². The molecule has 0 spiro atoms. The largest absolute Gasteiger partial charge is 0.493 e. The van der Waals surface area contributed by atoms with E-state index in [2.05, 4.69) is 25.7 Å². The molecule has 0 N–H and O–H groups in total. The first-order valence-electron chi connectivity index (χ1n) is 9.20. The van der Waals surface area contributed by atoms with E-state index in [1.54, 1.807) is 12.1 Å². The van der Waals surface area contributed by atoms with Crippen LogP contribution in [0.15, 0.2) is 24.3 Å². The van der Waals surface area contributed by atoms with Gasteiger partial charge in [-0.15, -0.1) is 0 Å². The summed E-state index contributed by atoms with van der Waals surface area (Å²) in [6.07, 6.45) is 4.80. The molecule has 0 aliphatic carbocycles. The third-order valence-electron chi connectivity index (χ3n) is 4.44. The van der Waals surface area contributed by atoms with Crippen LogP contribution in [0, 0.1) is 5.92 Å². The summed E-state index contributed by atoms with van der Waals surface area (Å²) in [6, 6.07) is 7.85. The Morgan fingerprint density at radius 3 is 2.67 bits per heavy atom. The van der Waals surface area contributed by atoms with Crippen molar-refractivity contribution in [3.05, 3.63) is 29.8 Å². The molecular weight excluding hydrogens is 302 g/mol. The molecule has 1 aliphatic heterocycles. The number of likely N-dealkylation sites (tertiary alicyclic amines) is 1. The van der Waals surface area contributed by atoms with Gasteiger partial charge in [0.2, 0.25) is 0 Å². The molecule has 1 unspecified atom stereocenters. The number of benzene rings is 1. The number of ether oxygens (including phenoxy) is 2. The summed E-state index contributed by atoms with van der Waals surface area (Å²) < 4.78 is 11.0. The molecule has 0 radical (unpaired) electrons. The van der Waals surface area contributed by atoms with E-state index in [4.69, 9.17) is 9.47 Å². The highest BCUT2D eigenvalue weighted by Gasteiger charge is 2.17. The number of carbonyl (C=O) groups is 1. The summed E-state index contributed by atoms with van der Waals surface area (Å²) in [7, 11) is 0. The van der Waals surface area contributed by atoms with Gasteiger partial charge in [-0.2, -0.15) is 0 Å². The number of rotatable bonds is 8. The van der Waals surface area contributed by atoms with Crippen molar-refractivity contribution < 1.29 is 14.3 Å². The Bertz CT molecular complexity index is 498. The van der Waals surface area contributed by atoms with Crippen molar-refractivity contribution in [1.82, 2.24) is 4.90 Å². The average molecular weight is 333 g/mol. The Labute approximate surface area is 146 Å². The fourth-order valence-electron chi connectivity index (χ4n) is 2.96. The van der Waals surface area contributed by atoms with E-state index >= 15 is 0 Å². The maximum absolute atomic E-state index is 12.1. The molecular formula is C20H31NO3. The van der Waals surface area contributed by atoms with Gasteiger partial charge in [0.1, 0.15) is 5.75 Å². The zero-order valence-electron chi connectivity index (χ0n) is 15.3. The standard InChI is InChI=1S/C20H31NO3/c1-16(2)15-24-19-10-8-18(9-11-19)20(22)23-14-6-13-21-12-5-4-7-17(21)3/h8-11,16-17H,4-7,12-15H2,1-3H3. The van der Waals surface area contributed by atoms with Gasteiger partial charge < -0.3 is 14.4 Å². The minimum absolute atomic E-state index is 0.253. The summed E-state index contributed by atoms with van der Waals surface area (Å²) in [6.45, 7) is 9.84. The average Bonchev–Trinajstić information content (AvgIpc) is 2.58. The van der Waals surface area contributed by atoms with Crippen LogP contribution in [-0.2, 0) is 4.74 Å². The van der Waals surface area contributed by atoms with Gasteiger partial charge in [-0.05, 0) is 62.9 Å². The fraction of sp³-hybridized carbons (Fsp3) is 0.650. The summed E-state index contributed by atoms with van der Waals surface area (Å²) in [5.41, 5.74) is 0.582. The van der Waals surface area contributed by atoms with Gasteiger partial charge in [0.15, 0.2) is 0 Å². The van der Waals surface area contributed by atoms with Crippen LogP contribution in [0.25, 0.3) is 0 Å². The predicted molar refractivity (Wildman–Crippen MR) is 96.6 cm³/mol. The van der Waals surface area contributed by atoms with E-state index in [0.717, 1.165) is 18.7 Å². The first-order chi connectivity index (χ1) is 11.6. The molecule has 24 heavy (non-hydrogen) atoms. The van der Waals surface area contributed by atoms with Crippen LogP contribution in [0.5, 0.6) is 5.75 Å². The Balaban J connectivity index is 1.68. The second kappa shape index (κ2) is 9.67. The molecule has 1 aliphatic rings. The lowest BCUT2D eigenvalue weighted by Gasteiger charge is -2.33. The molecule has 134 valence electrons. The lowest BCUT2D eigenvalue weighted by Crippen LogP contribution is -2.38. The van der Waals surface area contributed by atoms with Crippen LogP contribution < -0.4 is 4.74 Å². The third-order valence-corrected chi connectivity index (χ3v) is 4.44. The van der Waals surface area contributed by atoms with E-state index in [1.807, 2.05) is 12.1 Å². The van der Waals surface area contributed by atoms with Crippen molar-refractivity contribution in [2.24, 2.45) is 5.92 Å². The number of piperidine rings is 1. The molecule has 0 amide bonds. The molecule has 1 aromatic rings. The molecule has 1 heterocycles. The summed E-state index contributed by atoms with van der Waals surface area (Å²) >= 11 is 0. The van der Waals surface area contributed by atoms with Crippen molar-refractivity contribution in [2.75, 3.05) is 26.3 Å². The van der Waals surface area contributed by atoms with Gasteiger partial charge >= 0.3 is 5.97 Å². The Morgan fingerprint density at radius 2 is 2.00 bits per heavy atom. The first kappa shape index (κ1) is 18.8. The number of hydrogen-bond acceptors (Lipinski definition) is 4. The topological polar surface area (TPSA) is 38.8 Å². The highest BCUT2D eigenvalue weighted by atomic mass is 16.5. The molecule has 0 bridgehead atoms. The van der Waals surface area contributed by atoms with Crippen molar-refractivity contribution >= 4 is 5.97 Å². The third kappa shape index (κ3) is 6.16. The van der Waals surface area contributed by atoms with E-state index in [9.17, 15) is 4.79 Å². The van der Waals surface area contributed by atoms with E-state index < -0.39 is 0 Å². The summed E-state index contributed by atoms with van der Waals surface area (Å²) in [5, 5.41) is 0. The zero-order valence-corrected chi connectivity index (χ0v) is 15.3. The quantitative estimate of drug-likeness (QED) is 0.529. The van der Waals surface area contributed by atoms with Gasteiger partial charge in [-0.1, -0.05) is 20.3 Å². The Kier molecular flexibility index (Phi) is 7.57. The Morgan fingerprint density at radius 1 is 1.25 bits per heavy atom. The van der Waals surface area contributed by atoms with E-state index in [-0.39, 0.29) is 5.97 Å². The molecule has 0 saturated carbocycles. The monoisotopic (exact) mass is 333 g/mol. The number of nitrogens with zero attached hydrogens (tertiary/aromatic N) is 1. The van der Waals surface area contributed by atoms with E-state index in [1.165, 1.54) is 25.8 Å². The lowest BCUT2D eigenvalue weighted by molar-refractivity contribution is 0.0475. The highest BCUT2D eigenvalue weighted by Crippen LogP contribution is 2.17. The molecule has 1 saturated heterocycles. The number of hydrogen-bond donors (Lipinski definition) is 0. The second-order valence-electron chi connectivity index (χ2n) is 7.10. The smallest absolute Gasteiger partial charge is 0.338 e. The van der Waals surface area contributed by atoms with Crippen molar-refractivity contribution in [1.29, 1.82) is 0 Å². The van der Waals surface area contributed by atoms with Gasteiger partial charge in [-0.25, -0.2) is 4.79 Å². The zero-order chi connectivity index (χ0) is 17.4. The number of carbonyl (C=O) groups excluding carboxylic acids is 1. The molecule has 1 atom stereocenters. The van der Waals surface area contributed by atoms with Crippen LogP contribution in [-0.4, -0.2) is 43.2 Å². The number of esters is 1. The van der Waals surface area contributed by atoms with Crippen LogP contribution in [0.1, 0.15) is 56.8 Å². The lowest BCUT2D eigenvalue weighted by atomic mass is 10.0. The van der Waals surface area contributed by atoms with Gasteiger partial charge in [0.05, 0.1) is 18.8 Å². The van der Waals surface area contributed by atoms with Crippen LogP contribution in [0.2, 0.25) is 0 Å². The minimum Gasteiger partial charge on any atom is -0.493 e. The normalized spacial score (nSPS) is 18.6. The van der Waals surface area contributed by atoms with Crippen molar-refractivity contribution in [3.63, 3.8) is 0 Å². The molecule has 2 rings (SSSR count). The predicted octanol–water partition coefficient (Wildman–Crippen LogP) is 4.14. The summed E-state index contributed by atoms with van der Waals surface area (Å²) in [5.74, 6) is 1.02. The first-order valence-corrected chi connectivity index (χ1v) is 9.20. The fourth-order valence-corrected chi connectivity index (χ4v) is 2.96. The van der Waals surface area contributed by atoms with Crippen LogP contribution in [0.4, 0.5) is 0 Å². The molecule has 1 fully saturated rings. The maximum atomic E-state index is 12.1. The minimum atomic E-state index is -0.253. The van der Waals surface area contributed by atoms with Crippen LogP contribution in [0.3, 0.4) is 0 Å². The van der Waals surface area contributed by atoms with Gasteiger partial charge in [-0.3, -0.25) is 0 Å². The van der Waals surface area contributed by atoms with Crippen molar-refractivity contribution in [2.45, 2.75) is 52.5 Å². The SMILES string of the molecule is CC(C)COc1ccc(C(=O)OCCCN2CCCCC2C)cc1. The molecule has 4 nitrogen and oxygen atoms in total. The van der Waals surface area contributed by atoms with Crippen molar-refractivity contribution in [3.8, 4) is 5.75 Å².